The molecule has 0 saturated heterocycles. The van der Waals surface area contributed by atoms with Crippen molar-refractivity contribution >= 4 is 24.6 Å². The molecule has 42 valence electrons. The van der Waals surface area contributed by atoms with E-state index in [1.54, 1.807) is 0 Å². The van der Waals surface area contributed by atoms with Crippen molar-refractivity contribution in [3.63, 3.8) is 0 Å². The number of rotatable bonds is 2. The Morgan fingerprint density at radius 3 is 2.14 bits per heavy atom. The van der Waals surface area contributed by atoms with Crippen LogP contribution in [0.4, 0.5) is 0 Å². The molecule has 2 N–H and O–H groups in total. The monoisotopic (exact) mass is 140 g/mol. The summed E-state index contributed by atoms with van der Waals surface area (Å²) in [5.74, 6) is 0. The number of aldehydes is 1. The van der Waals surface area contributed by atoms with Gasteiger partial charge in [-0.05, 0) is 11.8 Å². The van der Waals surface area contributed by atoms with Crippen LogP contribution in [-0.4, -0.2) is 22.2 Å². The van der Waals surface area contributed by atoms with Gasteiger partial charge in [0.15, 0.2) is 6.49 Å². The Hall–Kier alpha value is 0.240. The quantitative estimate of drug-likeness (QED) is 0.400. The molecule has 0 aromatic rings. The zero-order chi connectivity index (χ0) is 5.91. The summed E-state index contributed by atoms with van der Waals surface area (Å²) in [5.41, 5.74) is 0. The second-order valence-electron chi connectivity index (χ2n) is 1.01. The van der Waals surface area contributed by atoms with Gasteiger partial charge in [-0.3, -0.25) is 0 Å². The molecule has 0 radical (unpaired) electrons. The summed E-state index contributed by atoms with van der Waals surface area (Å²) in [6, 6.07) is 0. The molecule has 0 bridgehead atoms. The van der Waals surface area contributed by atoms with E-state index < -0.39 is 6.49 Å². The minimum atomic E-state index is -3.20. The zero-order valence-electron chi connectivity index (χ0n) is 3.44. The predicted octanol–water partition coefficient (Wildman–Crippen LogP) is -0.521. The Balaban J connectivity index is 3.57. The van der Waals surface area contributed by atoms with Crippen molar-refractivity contribution in [1.29, 1.82) is 0 Å². The van der Waals surface area contributed by atoms with Crippen molar-refractivity contribution in [2.75, 3.05) is 6.16 Å². The van der Waals surface area contributed by atoms with Crippen molar-refractivity contribution in [2.45, 2.75) is 0 Å². The first-order valence-corrected chi connectivity index (χ1v) is 4.44. The van der Waals surface area contributed by atoms with E-state index in [1.807, 2.05) is 0 Å². The van der Waals surface area contributed by atoms with Gasteiger partial charge in [0.05, 0.1) is 6.16 Å². The minimum absolute atomic E-state index is 0.303. The number of hydrogen-bond acceptors (Lipinski definition) is 2. The van der Waals surface area contributed by atoms with Gasteiger partial charge in [-0.15, -0.1) is 0 Å². The molecule has 0 aliphatic heterocycles. The van der Waals surface area contributed by atoms with Crippen LogP contribution in [0.2, 0.25) is 0 Å². The van der Waals surface area contributed by atoms with E-state index in [1.165, 1.54) is 0 Å². The molecule has 0 rings (SSSR count). The molecule has 0 spiro atoms. The summed E-state index contributed by atoms with van der Waals surface area (Å²) in [4.78, 5) is 26.0. The van der Waals surface area contributed by atoms with Crippen LogP contribution in [0.15, 0.2) is 0 Å². The summed E-state index contributed by atoms with van der Waals surface area (Å²) in [7, 11) is 0. The molecule has 5 heteroatoms. The molecule has 0 amide bonds. The zero-order valence-corrected chi connectivity index (χ0v) is 5.15. The molecule has 0 fully saturated rings. The Labute approximate surface area is 46.1 Å². The molecule has 3 nitrogen and oxygen atoms in total. The highest BCUT2D eigenvalue weighted by atomic mass is 32.5. The molecule has 0 aliphatic rings. The van der Waals surface area contributed by atoms with Crippen molar-refractivity contribution in [2.24, 2.45) is 0 Å². The van der Waals surface area contributed by atoms with Crippen LogP contribution in [0.3, 0.4) is 0 Å². The van der Waals surface area contributed by atoms with Gasteiger partial charge in [-0.2, -0.15) is 0 Å². The largest absolute Gasteiger partial charge is 0.345 e. The molecular formula is C2H5O3PS. The third-order valence-corrected chi connectivity index (χ3v) is 1.38. The molecule has 0 aliphatic carbocycles. The standard InChI is InChI=1S/C2H5O3PS/c3-1-2-6(4,5)7/h1H,2H2,(H2,4,5,7). The molecule has 0 aromatic heterocycles. The molecular weight excluding hydrogens is 135 g/mol. The average molecular weight is 140 g/mol. The highest BCUT2D eigenvalue weighted by Crippen LogP contribution is 2.32. The predicted molar refractivity (Wildman–Crippen MR) is 29.7 cm³/mol. The van der Waals surface area contributed by atoms with Gasteiger partial charge >= 0.3 is 0 Å². The minimum Gasteiger partial charge on any atom is -0.345 e. The highest BCUT2D eigenvalue weighted by molar-refractivity contribution is 8.09. The SMILES string of the molecule is O=CCP(O)(O)=S. The van der Waals surface area contributed by atoms with E-state index in [9.17, 15) is 4.79 Å². The third-order valence-electron chi connectivity index (χ3n) is 0.312. The first kappa shape index (κ1) is 7.24. The maximum Gasteiger partial charge on any atom is 0.190 e. The highest BCUT2D eigenvalue weighted by Gasteiger charge is 2.02. The summed E-state index contributed by atoms with van der Waals surface area (Å²) < 4.78 is 0. The summed E-state index contributed by atoms with van der Waals surface area (Å²) in [6.45, 7) is -3.20. The van der Waals surface area contributed by atoms with Gasteiger partial charge in [-0.1, -0.05) is 0 Å². The normalized spacial score (nSPS) is 11.1. The van der Waals surface area contributed by atoms with E-state index in [0.717, 1.165) is 0 Å². The molecule has 0 saturated carbocycles. The maximum atomic E-state index is 9.46. The third kappa shape index (κ3) is 6.24. The Kier molecular flexibility index (Phi) is 2.61. The van der Waals surface area contributed by atoms with Crippen LogP contribution in [0.25, 0.3) is 0 Å². The van der Waals surface area contributed by atoms with Crippen LogP contribution in [0.5, 0.6) is 0 Å². The summed E-state index contributed by atoms with van der Waals surface area (Å²) in [6.07, 6.45) is 0.100. The lowest BCUT2D eigenvalue weighted by molar-refractivity contribution is -0.105. The Morgan fingerprint density at radius 1 is 1.71 bits per heavy atom. The van der Waals surface area contributed by atoms with Crippen LogP contribution in [0.1, 0.15) is 0 Å². The van der Waals surface area contributed by atoms with E-state index in [-0.39, 0.29) is 6.16 Å². The van der Waals surface area contributed by atoms with Crippen molar-refractivity contribution in [3.8, 4) is 0 Å². The molecule has 0 aromatic carbocycles. The average Bonchev–Trinajstić information content (AvgIpc) is 1.30. The first-order valence-electron chi connectivity index (χ1n) is 1.54. The number of hydrogen-bond donors (Lipinski definition) is 2. The van der Waals surface area contributed by atoms with Crippen LogP contribution in [0, 0.1) is 0 Å². The molecule has 7 heavy (non-hydrogen) atoms. The molecule has 0 heterocycles. The fraction of sp³-hybridized carbons (Fsp3) is 0.500. The van der Waals surface area contributed by atoms with Crippen LogP contribution in [-0.2, 0) is 16.6 Å². The lowest BCUT2D eigenvalue weighted by Gasteiger charge is -1.97. The number of carbonyl (C=O) groups is 1. The number of carbonyl (C=O) groups excluding carboxylic acids is 1. The Morgan fingerprint density at radius 2 is 2.14 bits per heavy atom. The second-order valence-corrected chi connectivity index (χ2v) is 4.46. The summed E-state index contributed by atoms with van der Waals surface area (Å²) in [5, 5.41) is 0. The van der Waals surface area contributed by atoms with Crippen molar-refractivity contribution < 1.29 is 14.6 Å². The summed E-state index contributed by atoms with van der Waals surface area (Å²) >= 11 is 4.07. The molecule has 0 atom stereocenters. The maximum absolute atomic E-state index is 9.46. The van der Waals surface area contributed by atoms with E-state index >= 15 is 0 Å². The van der Waals surface area contributed by atoms with Gasteiger partial charge in [0.25, 0.3) is 0 Å². The van der Waals surface area contributed by atoms with Crippen molar-refractivity contribution in [1.82, 2.24) is 0 Å². The van der Waals surface area contributed by atoms with Gasteiger partial charge in [0.1, 0.15) is 6.29 Å². The van der Waals surface area contributed by atoms with Gasteiger partial charge < -0.3 is 14.6 Å². The van der Waals surface area contributed by atoms with Gasteiger partial charge in [-0.25, -0.2) is 0 Å². The van der Waals surface area contributed by atoms with Gasteiger partial charge in [0.2, 0.25) is 0 Å². The van der Waals surface area contributed by atoms with Gasteiger partial charge in [0, 0.05) is 0 Å². The smallest absolute Gasteiger partial charge is 0.190 e. The first-order chi connectivity index (χ1) is 3.06. The van der Waals surface area contributed by atoms with E-state index in [0.29, 0.717) is 6.29 Å². The Bertz CT molecular complexity index is 106. The second kappa shape index (κ2) is 2.52. The molecule has 0 unspecified atom stereocenters. The lowest BCUT2D eigenvalue weighted by atomic mass is 10.9. The van der Waals surface area contributed by atoms with Crippen molar-refractivity contribution in [3.05, 3.63) is 0 Å². The fourth-order valence-electron chi connectivity index (χ4n) is 0.0971. The topological polar surface area (TPSA) is 57.5 Å². The van der Waals surface area contributed by atoms with E-state index in [4.69, 9.17) is 9.79 Å². The van der Waals surface area contributed by atoms with Crippen LogP contribution >= 0.6 is 6.49 Å². The lowest BCUT2D eigenvalue weighted by Crippen LogP contribution is -1.85. The van der Waals surface area contributed by atoms with Crippen LogP contribution < -0.4 is 0 Å². The van der Waals surface area contributed by atoms with E-state index in [2.05, 4.69) is 11.8 Å². The fourth-order valence-corrected chi connectivity index (χ4v) is 0.474.